The smallest absolute Gasteiger partial charge is 0.387 e. The van der Waals surface area contributed by atoms with E-state index in [2.05, 4.69) is 15.4 Å². The SMILES string of the molecule is CCOCCCNC(=O)Nc1ccc(OC(F)F)cc1. The first kappa shape index (κ1) is 16.2. The maximum Gasteiger partial charge on any atom is 0.387 e. The largest absolute Gasteiger partial charge is 0.435 e. The Balaban J connectivity index is 2.27. The minimum Gasteiger partial charge on any atom is -0.435 e. The molecule has 0 spiro atoms. The molecule has 1 aromatic rings. The molecule has 0 fully saturated rings. The van der Waals surface area contributed by atoms with Crippen molar-refractivity contribution in [3.63, 3.8) is 0 Å². The fourth-order valence-corrected chi connectivity index (χ4v) is 1.42. The summed E-state index contributed by atoms with van der Waals surface area (Å²) in [5.41, 5.74) is 0.494. The lowest BCUT2D eigenvalue weighted by Crippen LogP contribution is -2.30. The number of alkyl halides is 2. The Morgan fingerprint density at radius 2 is 2.00 bits per heavy atom. The molecule has 5 nitrogen and oxygen atoms in total. The van der Waals surface area contributed by atoms with Gasteiger partial charge in [-0.25, -0.2) is 4.79 Å². The molecule has 0 saturated carbocycles. The predicted octanol–water partition coefficient (Wildman–Crippen LogP) is 2.84. The third kappa shape index (κ3) is 6.89. The van der Waals surface area contributed by atoms with Crippen LogP contribution in [0.5, 0.6) is 5.75 Å². The van der Waals surface area contributed by atoms with Gasteiger partial charge in [-0.15, -0.1) is 0 Å². The third-order valence-corrected chi connectivity index (χ3v) is 2.29. The van der Waals surface area contributed by atoms with E-state index in [1.807, 2.05) is 6.92 Å². The number of halogens is 2. The number of anilines is 1. The quantitative estimate of drug-likeness (QED) is 0.723. The van der Waals surface area contributed by atoms with Crippen molar-refractivity contribution in [3.8, 4) is 5.75 Å². The van der Waals surface area contributed by atoms with Gasteiger partial charge in [-0.2, -0.15) is 8.78 Å². The molecule has 2 N–H and O–H groups in total. The number of amides is 2. The Morgan fingerprint density at radius 3 is 2.60 bits per heavy atom. The van der Waals surface area contributed by atoms with E-state index in [-0.39, 0.29) is 11.8 Å². The highest BCUT2D eigenvalue weighted by Crippen LogP contribution is 2.17. The molecule has 0 bridgehead atoms. The number of hydrogen-bond acceptors (Lipinski definition) is 3. The third-order valence-electron chi connectivity index (χ3n) is 2.29. The van der Waals surface area contributed by atoms with Crippen molar-refractivity contribution < 1.29 is 23.0 Å². The summed E-state index contributed by atoms with van der Waals surface area (Å²) in [5.74, 6) is 0.0441. The highest BCUT2D eigenvalue weighted by Gasteiger charge is 2.05. The summed E-state index contributed by atoms with van der Waals surface area (Å²) in [6.07, 6.45) is 0.725. The van der Waals surface area contributed by atoms with Gasteiger partial charge in [0, 0.05) is 25.4 Å². The van der Waals surface area contributed by atoms with Gasteiger partial charge < -0.3 is 20.1 Å². The van der Waals surface area contributed by atoms with Crippen LogP contribution in [0.15, 0.2) is 24.3 Å². The molecular weight excluding hydrogens is 270 g/mol. The lowest BCUT2D eigenvalue weighted by molar-refractivity contribution is -0.0498. The Hall–Kier alpha value is -1.89. The number of ether oxygens (including phenoxy) is 2. The van der Waals surface area contributed by atoms with Gasteiger partial charge in [0.15, 0.2) is 0 Å². The molecule has 7 heteroatoms. The van der Waals surface area contributed by atoms with Crippen molar-refractivity contribution >= 4 is 11.7 Å². The van der Waals surface area contributed by atoms with Gasteiger partial charge in [-0.05, 0) is 37.6 Å². The van der Waals surface area contributed by atoms with Crippen LogP contribution in [0.3, 0.4) is 0 Å². The minimum absolute atomic E-state index is 0.0441. The van der Waals surface area contributed by atoms with Crippen LogP contribution >= 0.6 is 0 Å². The van der Waals surface area contributed by atoms with E-state index in [4.69, 9.17) is 4.74 Å². The fourth-order valence-electron chi connectivity index (χ4n) is 1.42. The monoisotopic (exact) mass is 288 g/mol. The molecule has 1 aromatic carbocycles. The minimum atomic E-state index is -2.86. The van der Waals surface area contributed by atoms with E-state index in [1.165, 1.54) is 24.3 Å². The average molecular weight is 288 g/mol. The number of hydrogen-bond donors (Lipinski definition) is 2. The fraction of sp³-hybridized carbons (Fsp3) is 0.462. The van der Waals surface area contributed by atoms with Crippen LogP contribution in [0.25, 0.3) is 0 Å². The van der Waals surface area contributed by atoms with Crippen molar-refractivity contribution in [3.05, 3.63) is 24.3 Å². The van der Waals surface area contributed by atoms with Crippen LogP contribution in [0, 0.1) is 0 Å². The highest BCUT2D eigenvalue weighted by atomic mass is 19.3. The zero-order chi connectivity index (χ0) is 14.8. The second kappa shape index (κ2) is 9.08. The van der Waals surface area contributed by atoms with E-state index in [0.717, 1.165) is 6.42 Å². The molecule has 0 aromatic heterocycles. The van der Waals surface area contributed by atoms with Crippen LogP contribution in [0.4, 0.5) is 19.3 Å². The van der Waals surface area contributed by atoms with Gasteiger partial charge >= 0.3 is 12.6 Å². The van der Waals surface area contributed by atoms with Crippen molar-refractivity contribution in [2.45, 2.75) is 20.0 Å². The molecule has 20 heavy (non-hydrogen) atoms. The summed E-state index contributed by atoms with van der Waals surface area (Å²) in [7, 11) is 0. The maximum absolute atomic E-state index is 11.9. The van der Waals surface area contributed by atoms with Crippen LogP contribution in [-0.4, -0.2) is 32.4 Å². The molecule has 0 radical (unpaired) electrons. The summed E-state index contributed by atoms with van der Waals surface area (Å²) >= 11 is 0. The van der Waals surface area contributed by atoms with E-state index in [1.54, 1.807) is 0 Å². The average Bonchev–Trinajstić information content (AvgIpc) is 2.40. The summed E-state index contributed by atoms with van der Waals surface area (Å²) in [4.78, 5) is 11.5. The van der Waals surface area contributed by atoms with E-state index in [0.29, 0.717) is 25.4 Å². The zero-order valence-corrected chi connectivity index (χ0v) is 11.2. The van der Waals surface area contributed by atoms with Crippen molar-refractivity contribution in [2.24, 2.45) is 0 Å². The number of nitrogens with one attached hydrogen (secondary N) is 2. The molecule has 1 rings (SSSR count). The Bertz CT molecular complexity index is 399. The summed E-state index contributed by atoms with van der Waals surface area (Å²) in [6, 6.07) is 5.33. The van der Waals surface area contributed by atoms with E-state index in [9.17, 15) is 13.6 Å². The first-order valence-electron chi connectivity index (χ1n) is 6.29. The first-order chi connectivity index (χ1) is 9.61. The Labute approximate surface area is 116 Å². The topological polar surface area (TPSA) is 59.6 Å². The zero-order valence-electron chi connectivity index (χ0n) is 11.2. The molecule has 112 valence electrons. The van der Waals surface area contributed by atoms with Gasteiger partial charge in [-0.3, -0.25) is 0 Å². The van der Waals surface area contributed by atoms with Gasteiger partial charge in [0.2, 0.25) is 0 Å². The summed E-state index contributed by atoms with van der Waals surface area (Å²) < 4.78 is 33.2. The standard InChI is InChI=1S/C13H18F2N2O3/c1-2-19-9-3-8-16-13(18)17-10-4-6-11(7-5-10)20-12(14)15/h4-7,12H,2-3,8-9H2,1H3,(H2,16,17,18). The van der Waals surface area contributed by atoms with E-state index >= 15 is 0 Å². The van der Waals surface area contributed by atoms with Gasteiger partial charge in [0.25, 0.3) is 0 Å². The van der Waals surface area contributed by atoms with Gasteiger partial charge in [0.05, 0.1) is 0 Å². The summed E-state index contributed by atoms with van der Waals surface area (Å²) in [5, 5.41) is 5.24. The predicted molar refractivity (Wildman–Crippen MR) is 71.2 cm³/mol. The number of rotatable bonds is 8. The van der Waals surface area contributed by atoms with E-state index < -0.39 is 6.61 Å². The van der Waals surface area contributed by atoms with Gasteiger partial charge in [-0.1, -0.05) is 0 Å². The second-order valence-corrected chi connectivity index (χ2v) is 3.83. The molecule has 0 aliphatic rings. The highest BCUT2D eigenvalue weighted by molar-refractivity contribution is 5.89. The molecule has 0 aliphatic carbocycles. The van der Waals surface area contributed by atoms with Gasteiger partial charge in [0.1, 0.15) is 5.75 Å². The molecule has 0 atom stereocenters. The number of carbonyl (C=O) groups excluding carboxylic acids is 1. The van der Waals surface area contributed by atoms with Crippen molar-refractivity contribution in [1.82, 2.24) is 5.32 Å². The van der Waals surface area contributed by atoms with Crippen molar-refractivity contribution in [1.29, 1.82) is 0 Å². The summed E-state index contributed by atoms with van der Waals surface area (Å²) in [6.45, 7) is 0.790. The van der Waals surface area contributed by atoms with Crippen LogP contribution in [-0.2, 0) is 4.74 Å². The number of carbonyl (C=O) groups is 1. The normalized spacial score (nSPS) is 10.4. The molecular formula is C13H18F2N2O3. The Kier molecular flexibility index (Phi) is 7.34. The first-order valence-corrected chi connectivity index (χ1v) is 6.29. The lowest BCUT2D eigenvalue weighted by Gasteiger charge is -2.09. The number of urea groups is 1. The maximum atomic E-state index is 11.9. The second-order valence-electron chi connectivity index (χ2n) is 3.83. The molecule has 0 heterocycles. The molecule has 0 unspecified atom stereocenters. The Morgan fingerprint density at radius 1 is 1.30 bits per heavy atom. The van der Waals surface area contributed by atoms with Crippen LogP contribution in [0.2, 0.25) is 0 Å². The van der Waals surface area contributed by atoms with Crippen molar-refractivity contribution in [2.75, 3.05) is 25.1 Å². The number of benzene rings is 1. The van der Waals surface area contributed by atoms with Crippen LogP contribution < -0.4 is 15.4 Å². The lowest BCUT2D eigenvalue weighted by atomic mass is 10.3. The molecule has 0 aliphatic heterocycles. The molecule has 2 amide bonds. The van der Waals surface area contributed by atoms with Crippen LogP contribution in [0.1, 0.15) is 13.3 Å². The molecule has 0 saturated heterocycles.